The smallest absolute Gasteiger partial charge is 0.0282 e. The second-order valence-electron chi connectivity index (χ2n) is 4.91. The van der Waals surface area contributed by atoms with Crippen molar-refractivity contribution in [3.8, 4) is 0 Å². The highest BCUT2D eigenvalue weighted by Crippen LogP contribution is 2.31. The first kappa shape index (κ1) is 12.0. The third-order valence-electron chi connectivity index (χ3n) is 3.35. The maximum atomic E-state index is 6.01. The number of nitrogens with two attached hydrogens (primary N) is 1. The summed E-state index contributed by atoms with van der Waals surface area (Å²) in [6.07, 6.45) is 7.78. The largest absolute Gasteiger partial charge is 0.324 e. The minimum absolute atomic E-state index is 0.170. The standard InChI is InChI=1S/C12H26N2/c1-3-5-6-11(4-2)9-14-10-12(13)7-8-12/h11,14H,3-10,13H2,1-2H3. The lowest BCUT2D eigenvalue weighted by Gasteiger charge is -2.17. The summed E-state index contributed by atoms with van der Waals surface area (Å²) in [6.45, 7) is 6.74. The molecule has 84 valence electrons. The molecule has 14 heavy (non-hydrogen) atoms. The molecular weight excluding hydrogens is 172 g/mol. The van der Waals surface area contributed by atoms with Gasteiger partial charge in [-0.15, -0.1) is 0 Å². The fourth-order valence-corrected chi connectivity index (χ4v) is 1.81. The van der Waals surface area contributed by atoms with Gasteiger partial charge in [0.1, 0.15) is 0 Å². The lowest BCUT2D eigenvalue weighted by molar-refractivity contribution is 0.409. The van der Waals surface area contributed by atoms with Gasteiger partial charge in [-0.3, -0.25) is 0 Å². The van der Waals surface area contributed by atoms with Crippen LogP contribution in [0.2, 0.25) is 0 Å². The normalized spacial score (nSPS) is 20.8. The van der Waals surface area contributed by atoms with Gasteiger partial charge in [-0.05, 0) is 31.7 Å². The Morgan fingerprint density at radius 1 is 1.36 bits per heavy atom. The molecule has 0 spiro atoms. The molecular formula is C12H26N2. The van der Waals surface area contributed by atoms with Crippen molar-refractivity contribution in [2.75, 3.05) is 13.1 Å². The summed E-state index contributed by atoms with van der Waals surface area (Å²) >= 11 is 0. The Bertz CT molecular complexity index is 152. The zero-order valence-electron chi connectivity index (χ0n) is 9.81. The van der Waals surface area contributed by atoms with Crippen LogP contribution >= 0.6 is 0 Å². The van der Waals surface area contributed by atoms with E-state index in [1.807, 2.05) is 0 Å². The van der Waals surface area contributed by atoms with Crippen LogP contribution in [0.25, 0.3) is 0 Å². The van der Waals surface area contributed by atoms with Crippen molar-refractivity contribution >= 4 is 0 Å². The Kier molecular flexibility index (Phi) is 4.90. The van der Waals surface area contributed by atoms with Gasteiger partial charge in [0.05, 0.1) is 0 Å². The minimum atomic E-state index is 0.170. The van der Waals surface area contributed by atoms with E-state index in [0.29, 0.717) is 0 Å². The van der Waals surface area contributed by atoms with Gasteiger partial charge in [0.2, 0.25) is 0 Å². The molecule has 2 nitrogen and oxygen atoms in total. The van der Waals surface area contributed by atoms with Crippen LogP contribution in [-0.2, 0) is 0 Å². The van der Waals surface area contributed by atoms with E-state index in [9.17, 15) is 0 Å². The lowest BCUT2D eigenvalue weighted by Crippen LogP contribution is -2.37. The summed E-state index contributed by atoms with van der Waals surface area (Å²) in [7, 11) is 0. The van der Waals surface area contributed by atoms with Gasteiger partial charge in [0.15, 0.2) is 0 Å². The fraction of sp³-hybridized carbons (Fsp3) is 1.00. The van der Waals surface area contributed by atoms with Crippen LogP contribution < -0.4 is 11.1 Å². The quantitative estimate of drug-likeness (QED) is 0.628. The zero-order valence-corrected chi connectivity index (χ0v) is 9.81. The van der Waals surface area contributed by atoms with Crippen LogP contribution in [0.15, 0.2) is 0 Å². The molecule has 1 aliphatic rings. The van der Waals surface area contributed by atoms with Crippen LogP contribution in [0.3, 0.4) is 0 Å². The van der Waals surface area contributed by atoms with Crippen molar-refractivity contribution in [3.63, 3.8) is 0 Å². The van der Waals surface area contributed by atoms with Crippen molar-refractivity contribution in [2.45, 2.75) is 57.9 Å². The Balaban J connectivity index is 2.01. The molecule has 1 saturated carbocycles. The zero-order chi connectivity index (χ0) is 10.4. The average Bonchev–Trinajstić information content (AvgIpc) is 2.90. The number of rotatable bonds is 8. The van der Waals surface area contributed by atoms with Crippen LogP contribution in [0, 0.1) is 5.92 Å². The van der Waals surface area contributed by atoms with E-state index in [4.69, 9.17) is 5.73 Å². The summed E-state index contributed by atoms with van der Waals surface area (Å²) in [4.78, 5) is 0. The molecule has 1 fully saturated rings. The molecule has 1 atom stereocenters. The lowest BCUT2D eigenvalue weighted by atomic mass is 9.99. The summed E-state index contributed by atoms with van der Waals surface area (Å²) < 4.78 is 0. The van der Waals surface area contributed by atoms with Crippen LogP contribution in [0.4, 0.5) is 0 Å². The molecule has 0 aromatic carbocycles. The van der Waals surface area contributed by atoms with Crippen molar-refractivity contribution in [3.05, 3.63) is 0 Å². The third-order valence-corrected chi connectivity index (χ3v) is 3.35. The summed E-state index contributed by atoms with van der Waals surface area (Å²) in [6, 6.07) is 0. The van der Waals surface area contributed by atoms with Crippen molar-refractivity contribution in [1.82, 2.24) is 5.32 Å². The van der Waals surface area contributed by atoms with Gasteiger partial charge in [-0.25, -0.2) is 0 Å². The molecule has 0 heterocycles. The highest BCUT2D eigenvalue weighted by molar-refractivity contribution is 5.00. The predicted octanol–water partition coefficient (Wildman–Crippen LogP) is 2.28. The number of nitrogens with one attached hydrogen (secondary N) is 1. The molecule has 0 aromatic rings. The van der Waals surface area contributed by atoms with E-state index < -0.39 is 0 Å². The first-order valence-electron chi connectivity index (χ1n) is 6.20. The SMILES string of the molecule is CCCCC(CC)CNCC1(N)CC1. The molecule has 1 unspecified atom stereocenters. The van der Waals surface area contributed by atoms with Crippen molar-refractivity contribution in [2.24, 2.45) is 11.7 Å². The van der Waals surface area contributed by atoms with E-state index in [0.717, 1.165) is 19.0 Å². The van der Waals surface area contributed by atoms with Gasteiger partial charge in [-0.2, -0.15) is 0 Å². The Labute approximate surface area is 88.6 Å². The van der Waals surface area contributed by atoms with E-state index in [2.05, 4.69) is 19.2 Å². The highest BCUT2D eigenvalue weighted by atomic mass is 15.0. The van der Waals surface area contributed by atoms with E-state index in [1.165, 1.54) is 38.5 Å². The first-order valence-corrected chi connectivity index (χ1v) is 6.20. The second kappa shape index (κ2) is 5.72. The van der Waals surface area contributed by atoms with Gasteiger partial charge >= 0.3 is 0 Å². The summed E-state index contributed by atoms with van der Waals surface area (Å²) in [5, 5.41) is 3.52. The summed E-state index contributed by atoms with van der Waals surface area (Å²) in [5.41, 5.74) is 6.18. The Hall–Kier alpha value is -0.0800. The molecule has 0 radical (unpaired) electrons. The molecule has 0 aliphatic heterocycles. The predicted molar refractivity (Wildman–Crippen MR) is 62.3 cm³/mol. The van der Waals surface area contributed by atoms with Gasteiger partial charge in [-0.1, -0.05) is 33.1 Å². The number of hydrogen-bond donors (Lipinski definition) is 2. The third kappa shape index (κ3) is 4.43. The molecule has 1 rings (SSSR count). The molecule has 0 aromatic heterocycles. The van der Waals surface area contributed by atoms with E-state index in [-0.39, 0.29) is 5.54 Å². The van der Waals surface area contributed by atoms with Crippen molar-refractivity contribution in [1.29, 1.82) is 0 Å². The fourth-order valence-electron chi connectivity index (χ4n) is 1.81. The van der Waals surface area contributed by atoms with Gasteiger partial charge in [0, 0.05) is 12.1 Å². The molecule has 0 bridgehead atoms. The maximum absolute atomic E-state index is 6.01. The number of unbranched alkanes of at least 4 members (excludes halogenated alkanes) is 1. The van der Waals surface area contributed by atoms with Gasteiger partial charge in [0.25, 0.3) is 0 Å². The van der Waals surface area contributed by atoms with Crippen LogP contribution in [0.1, 0.15) is 52.4 Å². The van der Waals surface area contributed by atoms with Crippen LogP contribution in [-0.4, -0.2) is 18.6 Å². The van der Waals surface area contributed by atoms with Crippen LogP contribution in [0.5, 0.6) is 0 Å². The maximum Gasteiger partial charge on any atom is 0.0282 e. The summed E-state index contributed by atoms with van der Waals surface area (Å²) in [5.74, 6) is 0.859. The molecule has 2 heteroatoms. The number of hydrogen-bond acceptors (Lipinski definition) is 2. The highest BCUT2D eigenvalue weighted by Gasteiger charge is 2.37. The molecule has 0 saturated heterocycles. The van der Waals surface area contributed by atoms with Gasteiger partial charge < -0.3 is 11.1 Å². The Morgan fingerprint density at radius 2 is 2.07 bits per heavy atom. The molecule has 1 aliphatic carbocycles. The van der Waals surface area contributed by atoms with Crippen molar-refractivity contribution < 1.29 is 0 Å². The first-order chi connectivity index (χ1) is 6.70. The monoisotopic (exact) mass is 198 g/mol. The minimum Gasteiger partial charge on any atom is -0.324 e. The molecule has 3 N–H and O–H groups in total. The second-order valence-corrected chi connectivity index (χ2v) is 4.91. The van der Waals surface area contributed by atoms with E-state index in [1.54, 1.807) is 0 Å². The Morgan fingerprint density at radius 3 is 2.57 bits per heavy atom. The molecule has 0 amide bonds. The topological polar surface area (TPSA) is 38.0 Å². The average molecular weight is 198 g/mol. The van der Waals surface area contributed by atoms with E-state index >= 15 is 0 Å².